The number of anilines is 1. The molecule has 0 unspecified atom stereocenters. The molecule has 0 aliphatic carbocycles. The van der Waals surface area contributed by atoms with Crippen molar-refractivity contribution in [1.29, 1.82) is 5.26 Å². The lowest BCUT2D eigenvalue weighted by Gasteiger charge is -2.34. The Morgan fingerprint density at radius 3 is 2.67 bits per heavy atom. The SMILES string of the molecule is CCOc1ccccc1N1CC[NH+](C/C(O)=C(\C#N)c2nc3ccccc3[nH]2)CC1. The second-order valence-corrected chi connectivity index (χ2v) is 7.35. The molecule has 30 heavy (non-hydrogen) atoms. The molecule has 2 aromatic carbocycles. The largest absolute Gasteiger partial charge is 0.506 e. The lowest BCUT2D eigenvalue weighted by Crippen LogP contribution is -3.15. The first-order valence-corrected chi connectivity index (χ1v) is 10.3. The quantitative estimate of drug-likeness (QED) is 0.433. The highest BCUT2D eigenvalue weighted by molar-refractivity contribution is 5.82. The van der Waals surface area contributed by atoms with Gasteiger partial charge in [0.15, 0.2) is 11.6 Å². The molecule has 3 aromatic rings. The highest BCUT2D eigenvalue weighted by Crippen LogP contribution is 2.27. The summed E-state index contributed by atoms with van der Waals surface area (Å²) in [7, 11) is 0. The maximum atomic E-state index is 10.7. The number of H-pyrrole nitrogens is 1. The Kier molecular flexibility index (Phi) is 5.87. The molecule has 7 nitrogen and oxygen atoms in total. The third-order valence-corrected chi connectivity index (χ3v) is 5.42. The predicted octanol–water partition coefficient (Wildman–Crippen LogP) is 2.16. The van der Waals surface area contributed by atoms with Crippen molar-refractivity contribution in [2.75, 3.05) is 44.2 Å². The van der Waals surface area contributed by atoms with Gasteiger partial charge in [0, 0.05) is 0 Å². The molecule has 0 spiro atoms. The van der Waals surface area contributed by atoms with Crippen LogP contribution in [-0.2, 0) is 0 Å². The van der Waals surface area contributed by atoms with E-state index in [1.54, 1.807) is 0 Å². The smallest absolute Gasteiger partial charge is 0.169 e. The Labute approximate surface area is 175 Å². The number of imidazole rings is 1. The Bertz CT molecular complexity index is 1060. The number of aromatic nitrogens is 2. The number of aliphatic hydroxyl groups is 1. The maximum Gasteiger partial charge on any atom is 0.169 e. The molecule has 0 amide bonds. The van der Waals surface area contributed by atoms with E-state index in [1.807, 2.05) is 49.4 Å². The molecule has 0 saturated carbocycles. The number of quaternary nitrogens is 1. The fourth-order valence-electron chi connectivity index (χ4n) is 3.89. The lowest BCUT2D eigenvalue weighted by atomic mass is 10.2. The van der Waals surface area contributed by atoms with E-state index in [0.29, 0.717) is 19.0 Å². The molecule has 0 bridgehead atoms. The van der Waals surface area contributed by atoms with Gasteiger partial charge in [-0.2, -0.15) is 5.26 Å². The van der Waals surface area contributed by atoms with Gasteiger partial charge in [0.05, 0.1) is 49.5 Å². The molecule has 1 fully saturated rings. The number of rotatable bonds is 6. The fourth-order valence-corrected chi connectivity index (χ4v) is 3.89. The molecule has 0 radical (unpaired) electrons. The van der Waals surface area contributed by atoms with Gasteiger partial charge in [-0.15, -0.1) is 0 Å². The Balaban J connectivity index is 1.44. The number of benzene rings is 2. The van der Waals surface area contributed by atoms with Crippen LogP contribution in [0.3, 0.4) is 0 Å². The number of hydrogen-bond donors (Lipinski definition) is 3. The van der Waals surface area contributed by atoms with Crippen molar-refractivity contribution in [2.45, 2.75) is 6.92 Å². The number of piperazine rings is 1. The number of nitriles is 1. The third-order valence-electron chi connectivity index (χ3n) is 5.42. The number of allylic oxidation sites excluding steroid dienone is 1. The number of nitrogens with one attached hydrogen (secondary N) is 2. The van der Waals surface area contributed by atoms with Crippen LogP contribution in [0.25, 0.3) is 16.6 Å². The molecular formula is C23H26N5O2+. The Morgan fingerprint density at radius 1 is 1.20 bits per heavy atom. The van der Waals surface area contributed by atoms with Crippen molar-refractivity contribution in [2.24, 2.45) is 0 Å². The first-order valence-electron chi connectivity index (χ1n) is 10.3. The van der Waals surface area contributed by atoms with Gasteiger partial charge in [0.25, 0.3) is 0 Å². The van der Waals surface area contributed by atoms with Gasteiger partial charge in [-0.3, -0.25) is 0 Å². The summed E-state index contributed by atoms with van der Waals surface area (Å²) in [4.78, 5) is 11.1. The second kappa shape index (κ2) is 8.89. The molecule has 7 heteroatoms. The number of aromatic amines is 1. The van der Waals surface area contributed by atoms with E-state index in [4.69, 9.17) is 4.74 Å². The highest BCUT2D eigenvalue weighted by Gasteiger charge is 2.24. The van der Waals surface area contributed by atoms with Gasteiger partial charge in [0.2, 0.25) is 0 Å². The van der Waals surface area contributed by atoms with Crippen LogP contribution in [-0.4, -0.2) is 54.4 Å². The molecule has 4 rings (SSSR count). The monoisotopic (exact) mass is 404 g/mol. The van der Waals surface area contributed by atoms with Crippen LogP contribution in [0.2, 0.25) is 0 Å². The van der Waals surface area contributed by atoms with Crippen molar-refractivity contribution in [3.05, 3.63) is 60.1 Å². The molecule has 3 N–H and O–H groups in total. The van der Waals surface area contributed by atoms with Gasteiger partial charge >= 0.3 is 0 Å². The number of fused-ring (bicyclic) bond motifs is 1. The summed E-state index contributed by atoms with van der Waals surface area (Å²) in [6.07, 6.45) is 0. The summed E-state index contributed by atoms with van der Waals surface area (Å²) in [6, 6.07) is 17.8. The standard InChI is InChI=1S/C23H25N5O2/c1-2-30-22-10-6-5-9-20(22)28-13-11-27(12-14-28)16-21(29)17(15-24)23-25-18-7-3-4-8-19(18)26-23/h3-10,29H,2,11-14,16H2,1H3,(H,25,26)/p+1/b21-17-. The van der Waals surface area contributed by atoms with E-state index in [9.17, 15) is 10.4 Å². The molecular weight excluding hydrogens is 378 g/mol. The Morgan fingerprint density at radius 2 is 1.93 bits per heavy atom. The summed E-state index contributed by atoms with van der Waals surface area (Å²) in [5, 5.41) is 20.3. The molecule has 2 heterocycles. The van der Waals surface area contributed by atoms with Gasteiger partial charge in [-0.25, -0.2) is 4.98 Å². The first-order chi connectivity index (χ1) is 14.7. The zero-order chi connectivity index (χ0) is 20.9. The summed E-state index contributed by atoms with van der Waals surface area (Å²) in [5.41, 5.74) is 2.95. The molecule has 1 saturated heterocycles. The van der Waals surface area contributed by atoms with Crippen LogP contribution >= 0.6 is 0 Å². The first kappa shape index (κ1) is 19.8. The summed E-state index contributed by atoms with van der Waals surface area (Å²) in [6.45, 7) is 6.48. The lowest BCUT2D eigenvalue weighted by molar-refractivity contribution is -0.897. The van der Waals surface area contributed by atoms with Crippen LogP contribution in [0.4, 0.5) is 5.69 Å². The average molecular weight is 404 g/mol. The van der Waals surface area contributed by atoms with Crippen molar-refractivity contribution in [3.8, 4) is 11.8 Å². The van der Waals surface area contributed by atoms with E-state index in [2.05, 4.69) is 27.0 Å². The van der Waals surface area contributed by atoms with E-state index in [0.717, 1.165) is 48.6 Å². The number of aliphatic hydroxyl groups excluding tert-OH is 1. The van der Waals surface area contributed by atoms with Crippen molar-refractivity contribution >= 4 is 22.3 Å². The number of ether oxygens (including phenoxy) is 1. The highest BCUT2D eigenvalue weighted by atomic mass is 16.5. The van der Waals surface area contributed by atoms with Crippen LogP contribution in [0.5, 0.6) is 5.75 Å². The van der Waals surface area contributed by atoms with Crippen LogP contribution < -0.4 is 14.5 Å². The van der Waals surface area contributed by atoms with E-state index in [-0.39, 0.29) is 11.3 Å². The summed E-state index contributed by atoms with van der Waals surface area (Å²) in [5.74, 6) is 1.40. The topological polar surface area (TPSA) is 89.6 Å². The van der Waals surface area contributed by atoms with Gasteiger partial charge in [-0.1, -0.05) is 24.3 Å². The molecule has 1 aliphatic heterocycles. The fraction of sp³-hybridized carbons (Fsp3) is 0.304. The average Bonchev–Trinajstić information content (AvgIpc) is 3.19. The summed E-state index contributed by atoms with van der Waals surface area (Å²) >= 11 is 0. The molecule has 0 atom stereocenters. The maximum absolute atomic E-state index is 10.7. The molecule has 1 aromatic heterocycles. The minimum absolute atomic E-state index is 0.0784. The molecule has 154 valence electrons. The number of hydrogen-bond acceptors (Lipinski definition) is 5. The van der Waals surface area contributed by atoms with E-state index >= 15 is 0 Å². The minimum Gasteiger partial charge on any atom is -0.506 e. The zero-order valence-electron chi connectivity index (χ0n) is 17.1. The number of nitrogens with zero attached hydrogens (tertiary/aromatic N) is 3. The van der Waals surface area contributed by atoms with Crippen LogP contribution in [0, 0.1) is 11.3 Å². The summed E-state index contributed by atoms with van der Waals surface area (Å²) < 4.78 is 5.76. The van der Waals surface area contributed by atoms with E-state index in [1.165, 1.54) is 4.90 Å². The van der Waals surface area contributed by atoms with Gasteiger partial charge in [0.1, 0.15) is 23.9 Å². The normalized spacial score (nSPS) is 15.7. The molecule has 1 aliphatic rings. The predicted molar refractivity (Wildman–Crippen MR) is 117 cm³/mol. The zero-order valence-corrected chi connectivity index (χ0v) is 17.1. The van der Waals surface area contributed by atoms with Crippen molar-refractivity contribution < 1.29 is 14.7 Å². The van der Waals surface area contributed by atoms with Gasteiger partial charge in [-0.05, 0) is 31.2 Å². The third kappa shape index (κ3) is 4.09. The Hall–Kier alpha value is -3.50. The number of para-hydroxylation sites is 4. The van der Waals surface area contributed by atoms with Crippen molar-refractivity contribution in [1.82, 2.24) is 9.97 Å². The van der Waals surface area contributed by atoms with E-state index < -0.39 is 0 Å². The minimum atomic E-state index is 0.0784. The van der Waals surface area contributed by atoms with Crippen LogP contribution in [0.15, 0.2) is 54.3 Å². The van der Waals surface area contributed by atoms with Crippen molar-refractivity contribution in [3.63, 3.8) is 0 Å². The van der Waals surface area contributed by atoms with Crippen LogP contribution in [0.1, 0.15) is 12.7 Å². The van der Waals surface area contributed by atoms with Gasteiger partial charge < -0.3 is 24.6 Å². The second-order valence-electron chi connectivity index (χ2n) is 7.35.